The first-order chi connectivity index (χ1) is 8.32. The highest BCUT2D eigenvalue weighted by Crippen LogP contribution is 2.23. The number of carboxylic acid groups (broad SMARTS) is 1. The van der Waals surface area contributed by atoms with E-state index in [0.717, 1.165) is 4.47 Å². The Morgan fingerprint density at radius 1 is 1.33 bits per heavy atom. The number of benzene rings is 1. The predicted molar refractivity (Wildman–Crippen MR) is 75.7 cm³/mol. The summed E-state index contributed by atoms with van der Waals surface area (Å²) in [7, 11) is 0. The maximum atomic E-state index is 12.3. The molecular formula is C12H13Br2NO3. The number of carboxylic acids is 1. The molecule has 1 amide bonds. The van der Waals surface area contributed by atoms with E-state index in [1.807, 2.05) is 0 Å². The SMILES string of the molecule is CC(C)N(CC(=O)O)C(=O)c1ccc(Br)cc1Br. The average molecular weight is 379 g/mol. The molecule has 0 atom stereocenters. The van der Waals surface area contributed by atoms with Crippen LogP contribution in [0.25, 0.3) is 0 Å². The molecule has 18 heavy (non-hydrogen) atoms. The Balaban J connectivity index is 3.05. The predicted octanol–water partition coefficient (Wildman–Crippen LogP) is 3.15. The minimum atomic E-state index is -1.02. The van der Waals surface area contributed by atoms with Gasteiger partial charge in [-0.25, -0.2) is 0 Å². The number of hydrogen-bond acceptors (Lipinski definition) is 2. The minimum absolute atomic E-state index is 0.177. The Morgan fingerprint density at radius 2 is 1.94 bits per heavy atom. The van der Waals surface area contributed by atoms with Gasteiger partial charge in [-0.15, -0.1) is 0 Å². The summed E-state index contributed by atoms with van der Waals surface area (Å²) in [6, 6.07) is 4.99. The van der Waals surface area contributed by atoms with Crippen molar-refractivity contribution in [1.29, 1.82) is 0 Å². The Bertz CT molecular complexity index is 474. The lowest BCUT2D eigenvalue weighted by atomic mass is 10.1. The van der Waals surface area contributed by atoms with Gasteiger partial charge in [-0.05, 0) is 48.0 Å². The third-order valence-electron chi connectivity index (χ3n) is 2.35. The summed E-state index contributed by atoms with van der Waals surface area (Å²) in [5.74, 6) is -1.32. The van der Waals surface area contributed by atoms with E-state index < -0.39 is 5.97 Å². The van der Waals surface area contributed by atoms with Crippen LogP contribution in [0, 0.1) is 0 Å². The van der Waals surface area contributed by atoms with Crippen LogP contribution in [0.3, 0.4) is 0 Å². The van der Waals surface area contributed by atoms with Crippen molar-refractivity contribution >= 4 is 43.7 Å². The summed E-state index contributed by atoms with van der Waals surface area (Å²) in [5, 5.41) is 8.83. The minimum Gasteiger partial charge on any atom is -0.480 e. The van der Waals surface area contributed by atoms with Crippen molar-refractivity contribution in [1.82, 2.24) is 4.90 Å². The van der Waals surface area contributed by atoms with E-state index in [9.17, 15) is 9.59 Å². The summed E-state index contributed by atoms with van der Waals surface area (Å²) >= 11 is 6.61. The Morgan fingerprint density at radius 3 is 2.39 bits per heavy atom. The third-order valence-corrected chi connectivity index (χ3v) is 3.50. The molecular weight excluding hydrogens is 366 g/mol. The molecule has 0 unspecified atom stereocenters. The zero-order chi connectivity index (χ0) is 13.9. The molecule has 0 aliphatic carbocycles. The number of amides is 1. The lowest BCUT2D eigenvalue weighted by Crippen LogP contribution is -2.40. The molecule has 1 aromatic rings. The fourth-order valence-electron chi connectivity index (χ4n) is 1.45. The molecule has 0 heterocycles. The van der Waals surface area contributed by atoms with Crippen LogP contribution in [0.5, 0.6) is 0 Å². The first kappa shape index (κ1) is 15.2. The van der Waals surface area contributed by atoms with Gasteiger partial charge in [-0.1, -0.05) is 15.9 Å². The molecule has 6 heteroatoms. The zero-order valence-corrected chi connectivity index (χ0v) is 13.2. The summed E-state index contributed by atoms with van der Waals surface area (Å²) in [6.45, 7) is 3.26. The number of hydrogen-bond donors (Lipinski definition) is 1. The van der Waals surface area contributed by atoms with Gasteiger partial charge in [0.2, 0.25) is 0 Å². The van der Waals surface area contributed by atoms with Gasteiger partial charge in [0.25, 0.3) is 5.91 Å². The van der Waals surface area contributed by atoms with E-state index >= 15 is 0 Å². The van der Waals surface area contributed by atoms with Crippen molar-refractivity contribution in [3.05, 3.63) is 32.7 Å². The first-order valence-electron chi connectivity index (χ1n) is 5.30. The summed E-state index contributed by atoms with van der Waals surface area (Å²) in [6.07, 6.45) is 0. The number of carbonyl (C=O) groups excluding carboxylic acids is 1. The van der Waals surface area contributed by atoms with E-state index in [1.165, 1.54) is 4.90 Å². The molecule has 0 aliphatic rings. The monoisotopic (exact) mass is 377 g/mol. The molecule has 1 N–H and O–H groups in total. The van der Waals surface area contributed by atoms with Crippen LogP contribution < -0.4 is 0 Å². The van der Waals surface area contributed by atoms with Gasteiger partial charge in [0.1, 0.15) is 6.54 Å². The fourth-order valence-corrected chi connectivity index (χ4v) is 2.67. The Kier molecular flexibility index (Phi) is 5.34. The van der Waals surface area contributed by atoms with Crippen molar-refractivity contribution in [2.75, 3.05) is 6.54 Å². The molecule has 98 valence electrons. The second kappa shape index (κ2) is 6.33. The highest BCUT2D eigenvalue weighted by molar-refractivity contribution is 9.11. The molecule has 0 spiro atoms. The summed E-state index contributed by atoms with van der Waals surface area (Å²) in [5.41, 5.74) is 0.452. The van der Waals surface area contributed by atoms with Gasteiger partial charge in [-0.3, -0.25) is 9.59 Å². The topological polar surface area (TPSA) is 57.6 Å². The van der Waals surface area contributed by atoms with Crippen LogP contribution in [0.2, 0.25) is 0 Å². The van der Waals surface area contributed by atoms with Gasteiger partial charge in [0.05, 0.1) is 5.56 Å². The normalized spacial score (nSPS) is 10.5. The molecule has 0 fully saturated rings. The van der Waals surface area contributed by atoms with Crippen LogP contribution in [0.1, 0.15) is 24.2 Å². The standard InChI is InChI=1S/C12H13Br2NO3/c1-7(2)15(6-11(16)17)12(18)9-4-3-8(13)5-10(9)14/h3-5,7H,6H2,1-2H3,(H,16,17). The second-order valence-corrected chi connectivity index (χ2v) is 5.81. The van der Waals surface area contributed by atoms with Crippen molar-refractivity contribution in [3.8, 4) is 0 Å². The van der Waals surface area contributed by atoms with E-state index in [4.69, 9.17) is 5.11 Å². The van der Waals surface area contributed by atoms with Gasteiger partial charge in [-0.2, -0.15) is 0 Å². The Hall–Kier alpha value is -0.880. The van der Waals surface area contributed by atoms with Gasteiger partial charge in [0.15, 0.2) is 0 Å². The van der Waals surface area contributed by atoms with E-state index in [-0.39, 0.29) is 18.5 Å². The van der Waals surface area contributed by atoms with Gasteiger partial charge >= 0.3 is 5.97 Å². The molecule has 0 aliphatic heterocycles. The number of nitrogens with zero attached hydrogens (tertiary/aromatic N) is 1. The zero-order valence-electron chi connectivity index (χ0n) is 9.98. The van der Waals surface area contributed by atoms with E-state index in [1.54, 1.807) is 32.0 Å². The van der Waals surface area contributed by atoms with Crippen molar-refractivity contribution in [2.45, 2.75) is 19.9 Å². The maximum Gasteiger partial charge on any atom is 0.323 e. The highest BCUT2D eigenvalue weighted by atomic mass is 79.9. The van der Waals surface area contributed by atoms with E-state index in [2.05, 4.69) is 31.9 Å². The lowest BCUT2D eigenvalue weighted by molar-refractivity contribution is -0.138. The van der Waals surface area contributed by atoms with Crippen molar-refractivity contribution < 1.29 is 14.7 Å². The smallest absolute Gasteiger partial charge is 0.323 e. The lowest BCUT2D eigenvalue weighted by Gasteiger charge is -2.25. The largest absolute Gasteiger partial charge is 0.480 e. The molecule has 0 aromatic heterocycles. The van der Waals surface area contributed by atoms with Crippen LogP contribution in [0.15, 0.2) is 27.1 Å². The molecule has 0 saturated carbocycles. The highest BCUT2D eigenvalue weighted by Gasteiger charge is 2.22. The van der Waals surface area contributed by atoms with Crippen LogP contribution in [-0.4, -0.2) is 34.5 Å². The van der Waals surface area contributed by atoms with Crippen LogP contribution in [-0.2, 0) is 4.79 Å². The third kappa shape index (κ3) is 3.81. The van der Waals surface area contributed by atoms with Crippen LogP contribution >= 0.6 is 31.9 Å². The second-order valence-electron chi connectivity index (χ2n) is 4.04. The molecule has 0 saturated heterocycles. The molecule has 1 rings (SSSR count). The maximum absolute atomic E-state index is 12.3. The number of rotatable bonds is 4. The van der Waals surface area contributed by atoms with Crippen molar-refractivity contribution in [2.24, 2.45) is 0 Å². The number of carbonyl (C=O) groups is 2. The quantitative estimate of drug-likeness (QED) is 0.875. The summed E-state index contributed by atoms with van der Waals surface area (Å²) in [4.78, 5) is 24.4. The molecule has 1 aromatic carbocycles. The first-order valence-corrected chi connectivity index (χ1v) is 6.89. The van der Waals surface area contributed by atoms with E-state index in [0.29, 0.717) is 10.0 Å². The van der Waals surface area contributed by atoms with Crippen LogP contribution in [0.4, 0.5) is 0 Å². The van der Waals surface area contributed by atoms with Gasteiger partial charge < -0.3 is 10.0 Å². The molecule has 0 radical (unpaired) electrons. The summed E-state index contributed by atoms with van der Waals surface area (Å²) < 4.78 is 1.48. The average Bonchev–Trinajstić information content (AvgIpc) is 2.24. The fraction of sp³-hybridized carbons (Fsp3) is 0.333. The molecule has 4 nitrogen and oxygen atoms in total. The number of halogens is 2. The molecule has 0 bridgehead atoms. The van der Waals surface area contributed by atoms with Gasteiger partial charge in [0, 0.05) is 15.0 Å². The Labute approximate surface area is 122 Å². The number of aliphatic carboxylic acids is 1. The van der Waals surface area contributed by atoms with Crippen molar-refractivity contribution in [3.63, 3.8) is 0 Å².